The molecule has 140 valence electrons. The summed E-state index contributed by atoms with van der Waals surface area (Å²) in [6.07, 6.45) is 0. The first-order chi connectivity index (χ1) is 12.3. The van der Waals surface area contributed by atoms with Crippen molar-refractivity contribution in [1.82, 2.24) is 0 Å². The molecule has 0 saturated heterocycles. The van der Waals surface area contributed by atoms with Gasteiger partial charge >= 0.3 is 0 Å². The second-order valence-corrected chi connectivity index (χ2v) is 6.02. The van der Waals surface area contributed by atoms with Gasteiger partial charge in [-0.3, -0.25) is 0 Å². The van der Waals surface area contributed by atoms with E-state index in [-0.39, 0.29) is 14.9 Å². The lowest BCUT2D eigenvalue weighted by molar-refractivity contribution is 1.50. The molecule has 0 aliphatic heterocycles. The van der Waals surface area contributed by atoms with Gasteiger partial charge in [-0.25, -0.2) is 0 Å². The van der Waals surface area contributed by atoms with E-state index in [0.29, 0.717) is 0 Å². The SMILES string of the molecule is C.C.CC.Cc1cc2ccccc2cccc2cc3ccccc3cc2c1. The van der Waals surface area contributed by atoms with Gasteiger partial charge in [0, 0.05) is 0 Å². The van der Waals surface area contributed by atoms with Crippen LogP contribution in [0.25, 0.3) is 32.3 Å². The van der Waals surface area contributed by atoms with Crippen LogP contribution in [0.5, 0.6) is 0 Å². The molecule has 0 bridgehead atoms. The molecule has 4 aromatic carbocycles. The molecule has 4 aromatic rings. The Bertz CT molecular complexity index is 1070. The zero-order chi connectivity index (χ0) is 17.6. The average Bonchev–Trinajstić information content (AvgIpc) is 2.65. The minimum absolute atomic E-state index is 0. The first kappa shape index (κ1) is 22.2. The largest absolute Gasteiger partial charge is 0.0776 e. The highest BCUT2D eigenvalue weighted by Gasteiger charge is 1.96. The van der Waals surface area contributed by atoms with Crippen LogP contribution >= 0.6 is 0 Å². The highest BCUT2D eigenvalue weighted by Crippen LogP contribution is 2.22. The fourth-order valence-corrected chi connectivity index (χ4v) is 3.13. The first-order valence-electron chi connectivity index (χ1n) is 8.96. The van der Waals surface area contributed by atoms with Crippen LogP contribution in [0.15, 0.2) is 91.0 Å². The van der Waals surface area contributed by atoms with Gasteiger partial charge in [-0.1, -0.05) is 108 Å². The van der Waals surface area contributed by atoms with E-state index in [1.807, 2.05) is 13.8 Å². The Morgan fingerprint density at radius 3 is 1.33 bits per heavy atom. The molecule has 0 amide bonds. The predicted molar refractivity (Wildman–Crippen MR) is 126 cm³/mol. The van der Waals surface area contributed by atoms with Crippen LogP contribution in [0, 0.1) is 6.92 Å². The van der Waals surface area contributed by atoms with Crippen molar-refractivity contribution in [2.24, 2.45) is 0 Å². The Labute approximate surface area is 164 Å². The minimum Gasteiger partial charge on any atom is -0.0776 e. The fraction of sp³-hybridized carbons (Fsp3) is 0.185. The van der Waals surface area contributed by atoms with Crippen molar-refractivity contribution < 1.29 is 0 Å². The third kappa shape index (κ3) is 5.08. The van der Waals surface area contributed by atoms with E-state index in [0.717, 1.165) is 0 Å². The maximum atomic E-state index is 2.28. The van der Waals surface area contributed by atoms with Crippen LogP contribution in [-0.4, -0.2) is 0 Å². The number of hydrogen-bond donors (Lipinski definition) is 0. The lowest BCUT2D eigenvalue weighted by atomic mass is 10.0. The van der Waals surface area contributed by atoms with Crippen LogP contribution in [0.1, 0.15) is 34.3 Å². The zero-order valence-electron chi connectivity index (χ0n) is 15.2. The quantitative estimate of drug-likeness (QED) is 0.295. The van der Waals surface area contributed by atoms with E-state index in [1.54, 1.807) is 0 Å². The molecule has 0 aliphatic carbocycles. The smallest absolute Gasteiger partial charge is 0.0175 e. The van der Waals surface area contributed by atoms with Gasteiger partial charge in [0.05, 0.1) is 0 Å². The molecule has 0 unspecified atom stereocenters. The third-order valence-corrected chi connectivity index (χ3v) is 4.27. The van der Waals surface area contributed by atoms with E-state index < -0.39 is 0 Å². The Hall–Kier alpha value is -2.86. The van der Waals surface area contributed by atoms with E-state index in [9.17, 15) is 0 Å². The van der Waals surface area contributed by atoms with Crippen molar-refractivity contribution in [3.63, 3.8) is 0 Å². The van der Waals surface area contributed by atoms with Crippen LogP contribution in [0.4, 0.5) is 0 Å². The molecule has 0 heterocycles. The number of aryl methyl sites for hydroxylation is 1. The molecule has 0 aliphatic rings. The summed E-state index contributed by atoms with van der Waals surface area (Å²) in [4.78, 5) is 0. The normalized spacial score (nSPS) is 9.44. The molecule has 0 nitrogen and oxygen atoms in total. The number of hydrogen-bond acceptors (Lipinski definition) is 0. The molecular formula is C27H32. The predicted octanol–water partition coefficient (Wildman–Crippen LogP) is 8.88. The summed E-state index contributed by atoms with van der Waals surface area (Å²) in [5.41, 5.74) is 1.26. The van der Waals surface area contributed by atoms with Crippen molar-refractivity contribution in [2.75, 3.05) is 0 Å². The topological polar surface area (TPSA) is 0 Å². The third-order valence-electron chi connectivity index (χ3n) is 4.27. The van der Waals surface area contributed by atoms with E-state index in [1.165, 1.54) is 37.9 Å². The van der Waals surface area contributed by atoms with Crippen LogP contribution in [0.3, 0.4) is 0 Å². The summed E-state index contributed by atoms with van der Waals surface area (Å²) < 4.78 is 0. The van der Waals surface area contributed by atoms with E-state index in [4.69, 9.17) is 0 Å². The number of fused-ring (bicyclic) bond motifs is 3. The number of benzene rings is 3. The maximum Gasteiger partial charge on any atom is -0.0175 e. The van der Waals surface area contributed by atoms with Gasteiger partial charge in [0.2, 0.25) is 0 Å². The summed E-state index contributed by atoms with van der Waals surface area (Å²) in [6.45, 7) is 6.17. The number of rotatable bonds is 0. The summed E-state index contributed by atoms with van der Waals surface area (Å²) in [7, 11) is 0. The molecule has 0 spiro atoms. The minimum atomic E-state index is 0. The molecule has 0 fully saturated rings. The van der Waals surface area contributed by atoms with Crippen molar-refractivity contribution in [1.29, 1.82) is 0 Å². The molecule has 4 rings (SSSR count). The van der Waals surface area contributed by atoms with E-state index >= 15 is 0 Å². The Morgan fingerprint density at radius 1 is 0.407 bits per heavy atom. The Kier molecular flexibility index (Phi) is 8.48. The lowest BCUT2D eigenvalue weighted by Gasteiger charge is -2.01. The molecule has 0 atom stereocenters. The van der Waals surface area contributed by atoms with Crippen LogP contribution in [0.2, 0.25) is 0 Å². The standard InChI is InChI=1S/C23H18.C2H6.2CH4/c1-17-13-19-8-3-2-7-18(19)11-6-12-22-15-20-9-4-5-10-21(20)16-23(22)14-17;1-2;;/h2-16H,1H3;1-2H3;2*1H4. The van der Waals surface area contributed by atoms with Crippen molar-refractivity contribution in [2.45, 2.75) is 35.6 Å². The average molecular weight is 357 g/mol. The summed E-state index contributed by atoms with van der Waals surface area (Å²) in [6, 6.07) is 32.6. The van der Waals surface area contributed by atoms with Gasteiger partial charge in [0.1, 0.15) is 0 Å². The van der Waals surface area contributed by atoms with Crippen LogP contribution < -0.4 is 0 Å². The second-order valence-electron chi connectivity index (χ2n) is 6.02. The van der Waals surface area contributed by atoms with Gasteiger partial charge < -0.3 is 0 Å². The monoisotopic (exact) mass is 356 g/mol. The first-order valence-corrected chi connectivity index (χ1v) is 8.96. The van der Waals surface area contributed by atoms with Crippen molar-refractivity contribution in [3.05, 3.63) is 96.6 Å². The molecule has 0 N–H and O–H groups in total. The summed E-state index contributed by atoms with van der Waals surface area (Å²) in [5.74, 6) is 0. The fourth-order valence-electron chi connectivity index (χ4n) is 3.13. The highest BCUT2D eigenvalue weighted by atomic mass is 14.0. The molecule has 27 heavy (non-hydrogen) atoms. The zero-order valence-corrected chi connectivity index (χ0v) is 15.2. The van der Waals surface area contributed by atoms with Gasteiger partial charge in [-0.2, -0.15) is 0 Å². The van der Waals surface area contributed by atoms with Gasteiger partial charge in [-0.15, -0.1) is 0 Å². The second kappa shape index (κ2) is 10.3. The molecular weight excluding hydrogens is 324 g/mol. The van der Waals surface area contributed by atoms with Crippen molar-refractivity contribution in [3.8, 4) is 0 Å². The van der Waals surface area contributed by atoms with Gasteiger partial charge in [0.15, 0.2) is 0 Å². The summed E-state index contributed by atoms with van der Waals surface area (Å²) >= 11 is 0. The maximum absolute atomic E-state index is 2.28. The highest BCUT2D eigenvalue weighted by molar-refractivity contribution is 5.98. The van der Waals surface area contributed by atoms with Gasteiger partial charge in [0.25, 0.3) is 0 Å². The van der Waals surface area contributed by atoms with Crippen molar-refractivity contribution >= 4 is 32.3 Å². The lowest BCUT2D eigenvalue weighted by Crippen LogP contribution is -1.76. The molecule has 0 radical (unpaired) electrons. The van der Waals surface area contributed by atoms with Gasteiger partial charge in [-0.05, 0) is 56.9 Å². The molecule has 0 saturated carbocycles. The summed E-state index contributed by atoms with van der Waals surface area (Å²) in [5, 5.41) is 7.60. The Morgan fingerprint density at radius 2 is 0.741 bits per heavy atom. The molecule has 0 heteroatoms. The van der Waals surface area contributed by atoms with E-state index in [2.05, 4.69) is 97.9 Å². The van der Waals surface area contributed by atoms with Crippen LogP contribution in [-0.2, 0) is 0 Å². The molecule has 0 aromatic heterocycles. The Balaban J connectivity index is 0.000000883.